The maximum Gasteiger partial charge on any atom is 0.145 e. The van der Waals surface area contributed by atoms with Crippen LogP contribution in [0.4, 0.5) is 0 Å². The Hall–Kier alpha value is -1.80. The number of aliphatic hydroxyl groups is 4. The van der Waals surface area contributed by atoms with Crippen molar-refractivity contribution >= 4 is 0 Å². The summed E-state index contributed by atoms with van der Waals surface area (Å²) in [7, 11) is 1.48. The molecule has 4 N–H and O–H groups in total. The van der Waals surface area contributed by atoms with Gasteiger partial charge in [-0.05, 0) is 47.6 Å². The summed E-state index contributed by atoms with van der Waals surface area (Å²) in [5, 5.41) is 41.1. The smallest absolute Gasteiger partial charge is 0.145 e. The van der Waals surface area contributed by atoms with Crippen LogP contribution in [0.2, 0.25) is 0 Å². The first kappa shape index (κ1) is 22.9. The first-order valence-electron chi connectivity index (χ1n) is 10.4. The third kappa shape index (κ3) is 4.30. The van der Waals surface area contributed by atoms with E-state index in [2.05, 4.69) is 31.2 Å². The molecule has 0 saturated carbocycles. The maximum absolute atomic E-state index is 10.9. The summed E-state index contributed by atoms with van der Waals surface area (Å²) >= 11 is 0. The molecule has 0 radical (unpaired) electrons. The minimum Gasteiger partial charge on any atom is -0.394 e. The molecule has 0 aliphatic carbocycles. The Labute approximate surface area is 177 Å². The molecule has 6 heteroatoms. The van der Waals surface area contributed by atoms with Crippen molar-refractivity contribution in [2.24, 2.45) is 0 Å². The van der Waals surface area contributed by atoms with E-state index in [1.807, 2.05) is 25.1 Å². The highest BCUT2D eigenvalue weighted by Gasteiger charge is 2.54. The number of aryl methyl sites for hydroxylation is 2. The Bertz CT molecular complexity index is 834. The average molecular weight is 417 g/mol. The van der Waals surface area contributed by atoms with Gasteiger partial charge in [-0.15, -0.1) is 0 Å². The van der Waals surface area contributed by atoms with Crippen LogP contribution in [0.1, 0.15) is 34.7 Å². The second kappa shape index (κ2) is 9.56. The van der Waals surface area contributed by atoms with Crippen molar-refractivity contribution in [3.63, 3.8) is 0 Å². The molecule has 0 unspecified atom stereocenters. The lowest BCUT2D eigenvalue weighted by atomic mass is 9.79. The zero-order valence-corrected chi connectivity index (χ0v) is 17.8. The van der Waals surface area contributed by atoms with Crippen LogP contribution in [0.5, 0.6) is 0 Å². The van der Waals surface area contributed by atoms with Gasteiger partial charge < -0.3 is 29.9 Å². The summed E-state index contributed by atoms with van der Waals surface area (Å²) in [4.78, 5) is 0. The van der Waals surface area contributed by atoms with Crippen LogP contribution in [-0.2, 0) is 27.9 Å². The lowest BCUT2D eigenvalue weighted by molar-refractivity contribution is -0.290. The number of hydrogen-bond donors (Lipinski definition) is 4. The minimum atomic E-state index is -1.47. The van der Waals surface area contributed by atoms with Crippen molar-refractivity contribution in [3.05, 3.63) is 70.3 Å². The summed E-state index contributed by atoms with van der Waals surface area (Å²) in [6.07, 6.45) is -3.63. The fraction of sp³-hybridized carbons (Fsp3) is 0.500. The largest absolute Gasteiger partial charge is 0.394 e. The Morgan fingerprint density at radius 1 is 1.00 bits per heavy atom. The standard InChI is InChI=1S/C24H32O6/c1-4-16-6-8-17(9-7-16)11-18-12-19(10-5-15(18)2)24(14-29-3)23(28)22(27)21(26)20(13-25)30-24/h5-10,12,20-23,25-28H,4,11,13-14H2,1-3H3/t20-,21+,22-,23+,24-/m0/s1. The minimum absolute atomic E-state index is 0.0395. The quantitative estimate of drug-likeness (QED) is 0.546. The monoisotopic (exact) mass is 416 g/mol. The topological polar surface area (TPSA) is 99.4 Å². The van der Waals surface area contributed by atoms with E-state index in [0.717, 1.165) is 17.5 Å². The highest BCUT2D eigenvalue weighted by molar-refractivity contribution is 5.39. The van der Waals surface area contributed by atoms with Crippen molar-refractivity contribution in [2.45, 2.75) is 56.7 Å². The van der Waals surface area contributed by atoms with Crippen LogP contribution in [-0.4, -0.2) is 65.2 Å². The van der Waals surface area contributed by atoms with Crippen molar-refractivity contribution in [1.82, 2.24) is 0 Å². The van der Waals surface area contributed by atoms with Gasteiger partial charge in [0.15, 0.2) is 0 Å². The Kier molecular flexibility index (Phi) is 7.29. The molecule has 3 rings (SSSR count). The van der Waals surface area contributed by atoms with Gasteiger partial charge in [-0.3, -0.25) is 0 Å². The highest BCUT2D eigenvalue weighted by Crippen LogP contribution is 2.39. The number of benzene rings is 2. The van der Waals surface area contributed by atoms with Crippen LogP contribution in [0.3, 0.4) is 0 Å². The Morgan fingerprint density at radius 3 is 2.27 bits per heavy atom. The summed E-state index contributed by atoms with van der Waals surface area (Å²) in [6.45, 7) is 3.62. The average Bonchev–Trinajstić information content (AvgIpc) is 2.76. The van der Waals surface area contributed by atoms with E-state index in [0.29, 0.717) is 12.0 Å². The number of aliphatic hydroxyl groups excluding tert-OH is 4. The van der Waals surface area contributed by atoms with Gasteiger partial charge in [-0.2, -0.15) is 0 Å². The number of methoxy groups -OCH3 is 1. The molecule has 0 spiro atoms. The van der Waals surface area contributed by atoms with E-state index in [9.17, 15) is 20.4 Å². The Morgan fingerprint density at radius 2 is 1.67 bits per heavy atom. The third-order valence-corrected chi connectivity index (χ3v) is 6.10. The maximum atomic E-state index is 10.9. The zero-order chi connectivity index (χ0) is 21.9. The van der Waals surface area contributed by atoms with Gasteiger partial charge in [0.25, 0.3) is 0 Å². The summed E-state index contributed by atoms with van der Waals surface area (Å²) < 4.78 is 11.3. The third-order valence-electron chi connectivity index (χ3n) is 6.10. The van der Waals surface area contributed by atoms with Crippen LogP contribution in [0.15, 0.2) is 42.5 Å². The van der Waals surface area contributed by atoms with Crippen LogP contribution in [0.25, 0.3) is 0 Å². The predicted octanol–water partition coefficient (Wildman–Crippen LogP) is 1.46. The molecule has 0 aromatic heterocycles. The molecule has 1 aliphatic heterocycles. The SMILES string of the molecule is CCc1ccc(Cc2cc([C@]3(COC)O[C@@H](CO)[C@@H](O)[C@H](O)[C@H]3O)ccc2C)cc1. The molecule has 5 atom stereocenters. The van der Waals surface area contributed by atoms with Crippen molar-refractivity contribution < 1.29 is 29.9 Å². The molecule has 1 saturated heterocycles. The molecule has 1 aliphatic rings. The van der Waals surface area contributed by atoms with Gasteiger partial charge in [0.1, 0.15) is 30.0 Å². The van der Waals surface area contributed by atoms with E-state index in [1.54, 1.807) is 0 Å². The summed E-state index contributed by atoms with van der Waals surface area (Å²) in [5.74, 6) is 0. The molecule has 164 valence electrons. The van der Waals surface area contributed by atoms with Gasteiger partial charge in [-0.1, -0.05) is 49.4 Å². The van der Waals surface area contributed by atoms with Crippen molar-refractivity contribution in [2.75, 3.05) is 20.3 Å². The molecule has 2 aromatic rings. The van der Waals surface area contributed by atoms with E-state index in [4.69, 9.17) is 9.47 Å². The van der Waals surface area contributed by atoms with E-state index in [-0.39, 0.29) is 6.61 Å². The van der Waals surface area contributed by atoms with Gasteiger partial charge >= 0.3 is 0 Å². The first-order valence-corrected chi connectivity index (χ1v) is 10.4. The second-order valence-electron chi connectivity index (χ2n) is 8.08. The summed E-state index contributed by atoms with van der Waals surface area (Å²) in [6, 6.07) is 14.2. The molecule has 0 amide bonds. The molecule has 6 nitrogen and oxygen atoms in total. The van der Waals surface area contributed by atoms with E-state index < -0.39 is 36.6 Å². The molecule has 1 fully saturated rings. The molecule has 0 bridgehead atoms. The Balaban J connectivity index is 1.99. The van der Waals surface area contributed by atoms with Crippen molar-refractivity contribution in [3.8, 4) is 0 Å². The van der Waals surface area contributed by atoms with Crippen LogP contribution < -0.4 is 0 Å². The van der Waals surface area contributed by atoms with Crippen molar-refractivity contribution in [1.29, 1.82) is 0 Å². The number of ether oxygens (including phenoxy) is 2. The summed E-state index contributed by atoms with van der Waals surface area (Å²) in [5.41, 5.74) is 3.83. The van der Waals surface area contributed by atoms with Gasteiger partial charge in [0.05, 0.1) is 13.2 Å². The number of hydrogen-bond acceptors (Lipinski definition) is 6. The van der Waals surface area contributed by atoms with Crippen LogP contribution >= 0.6 is 0 Å². The van der Waals surface area contributed by atoms with Gasteiger partial charge in [0, 0.05) is 7.11 Å². The fourth-order valence-electron chi connectivity index (χ4n) is 4.13. The predicted molar refractivity (Wildman–Crippen MR) is 113 cm³/mol. The first-order chi connectivity index (χ1) is 14.4. The van der Waals surface area contributed by atoms with Crippen LogP contribution in [0, 0.1) is 6.92 Å². The second-order valence-corrected chi connectivity index (χ2v) is 8.08. The molecule has 2 aromatic carbocycles. The lowest BCUT2D eigenvalue weighted by Gasteiger charge is -2.48. The normalized spacial score (nSPS) is 29.2. The molecule has 1 heterocycles. The molecule has 30 heavy (non-hydrogen) atoms. The number of rotatable bonds is 7. The molecular formula is C24H32O6. The van der Waals surface area contributed by atoms with Gasteiger partial charge in [0.2, 0.25) is 0 Å². The van der Waals surface area contributed by atoms with E-state index in [1.165, 1.54) is 18.2 Å². The molecular weight excluding hydrogens is 384 g/mol. The van der Waals surface area contributed by atoms with Gasteiger partial charge in [-0.25, -0.2) is 0 Å². The van der Waals surface area contributed by atoms with E-state index >= 15 is 0 Å². The highest BCUT2D eigenvalue weighted by atomic mass is 16.6. The zero-order valence-electron chi connectivity index (χ0n) is 17.8. The fourth-order valence-corrected chi connectivity index (χ4v) is 4.13. The lowest BCUT2D eigenvalue weighted by Crippen LogP contribution is -2.65.